The Hall–Kier alpha value is -1.79. The van der Waals surface area contributed by atoms with Crippen molar-refractivity contribution in [2.45, 2.75) is 124 Å². The summed E-state index contributed by atoms with van der Waals surface area (Å²) in [7, 11) is 0. The van der Waals surface area contributed by atoms with Crippen molar-refractivity contribution in [3.05, 3.63) is 0 Å². The first-order valence-corrected chi connectivity index (χ1v) is 12.0. The molecule has 0 bridgehead atoms. The molecule has 0 aromatic carbocycles. The second kappa shape index (κ2) is 15.1. The van der Waals surface area contributed by atoms with E-state index in [0.29, 0.717) is 12.3 Å². The van der Waals surface area contributed by atoms with Crippen LogP contribution in [-0.4, -0.2) is 24.4 Å². The van der Waals surface area contributed by atoms with Crippen molar-refractivity contribution in [1.29, 1.82) is 0 Å². The molecular formula is C24H42O7. The van der Waals surface area contributed by atoms with Crippen LogP contribution in [0.5, 0.6) is 0 Å². The molecular weight excluding hydrogens is 400 g/mol. The third-order valence-electron chi connectivity index (χ3n) is 6.02. The Balaban J connectivity index is 2.04. The Morgan fingerprint density at radius 1 is 0.742 bits per heavy atom. The zero-order valence-corrected chi connectivity index (χ0v) is 19.9. The van der Waals surface area contributed by atoms with Gasteiger partial charge >= 0.3 is 18.3 Å². The molecule has 0 amide bonds. The van der Waals surface area contributed by atoms with E-state index in [0.717, 1.165) is 44.9 Å². The van der Waals surface area contributed by atoms with Gasteiger partial charge in [0, 0.05) is 6.42 Å². The van der Waals surface area contributed by atoms with E-state index >= 15 is 0 Å². The molecule has 1 fully saturated rings. The van der Waals surface area contributed by atoms with Gasteiger partial charge in [0.1, 0.15) is 6.10 Å². The summed E-state index contributed by atoms with van der Waals surface area (Å²) in [6.07, 6.45) is 11.0. The third kappa shape index (κ3) is 13.3. The average molecular weight is 443 g/mol. The predicted molar refractivity (Wildman–Crippen MR) is 117 cm³/mol. The Labute approximate surface area is 187 Å². The van der Waals surface area contributed by atoms with Crippen LogP contribution < -0.4 is 0 Å². The fraction of sp³-hybridized carbons (Fsp3) is 0.875. The Morgan fingerprint density at radius 2 is 1.26 bits per heavy atom. The minimum absolute atomic E-state index is 0.131. The molecule has 7 heteroatoms. The van der Waals surface area contributed by atoms with Crippen LogP contribution in [0.2, 0.25) is 0 Å². The van der Waals surface area contributed by atoms with Crippen molar-refractivity contribution in [3.63, 3.8) is 0 Å². The summed E-state index contributed by atoms with van der Waals surface area (Å²) < 4.78 is 9.64. The third-order valence-corrected chi connectivity index (χ3v) is 6.02. The molecule has 1 rings (SSSR count). The van der Waals surface area contributed by atoms with E-state index < -0.39 is 18.3 Å². The molecule has 1 saturated carbocycles. The van der Waals surface area contributed by atoms with Crippen molar-refractivity contribution >= 4 is 18.3 Å². The molecule has 1 aliphatic carbocycles. The standard InChI is InChI=1S/C24H42O7/c1-5-6-7-8-9-10-11-12-13-14-21(25)29-23(27)31-30-22(26)28-20-17-15-19(16-18-20)24(2,3)4/h19-20H,5-18H2,1-4H3. The lowest BCUT2D eigenvalue weighted by atomic mass is 9.72. The van der Waals surface area contributed by atoms with Crippen molar-refractivity contribution in [2.24, 2.45) is 11.3 Å². The minimum atomic E-state index is -1.35. The largest absolute Gasteiger partial charge is 0.558 e. The van der Waals surface area contributed by atoms with Crippen LogP contribution in [0, 0.1) is 11.3 Å². The van der Waals surface area contributed by atoms with Crippen molar-refractivity contribution in [3.8, 4) is 0 Å². The van der Waals surface area contributed by atoms with E-state index in [1.165, 1.54) is 32.1 Å². The molecule has 0 N–H and O–H groups in total. The topological polar surface area (TPSA) is 88.1 Å². The second-order valence-electron chi connectivity index (χ2n) is 9.68. The Morgan fingerprint density at radius 3 is 1.81 bits per heavy atom. The first-order chi connectivity index (χ1) is 14.7. The van der Waals surface area contributed by atoms with Gasteiger partial charge < -0.3 is 9.47 Å². The fourth-order valence-electron chi connectivity index (χ4n) is 4.01. The second-order valence-corrected chi connectivity index (χ2v) is 9.68. The molecule has 0 atom stereocenters. The van der Waals surface area contributed by atoms with Crippen LogP contribution in [0.15, 0.2) is 0 Å². The highest BCUT2D eigenvalue weighted by atomic mass is 17.3. The first-order valence-electron chi connectivity index (χ1n) is 12.0. The SMILES string of the molecule is CCCCCCCCCCCC(=O)OC(=O)OOC(=O)OC1CCC(C(C)(C)C)CC1. The van der Waals surface area contributed by atoms with E-state index in [-0.39, 0.29) is 17.9 Å². The zero-order valence-electron chi connectivity index (χ0n) is 19.9. The molecule has 1 aliphatic rings. The molecule has 0 spiro atoms. The minimum Gasteiger partial charge on any atom is -0.428 e. The van der Waals surface area contributed by atoms with Crippen LogP contribution in [0.4, 0.5) is 9.59 Å². The lowest BCUT2D eigenvalue weighted by Gasteiger charge is -2.36. The molecule has 0 aromatic rings. The number of ether oxygens (including phenoxy) is 2. The molecule has 31 heavy (non-hydrogen) atoms. The van der Waals surface area contributed by atoms with Gasteiger partial charge in [-0.05, 0) is 43.4 Å². The van der Waals surface area contributed by atoms with Crippen molar-refractivity contribution < 1.29 is 33.6 Å². The number of carbonyl (C=O) groups excluding carboxylic acids is 3. The van der Waals surface area contributed by atoms with Gasteiger partial charge in [-0.2, -0.15) is 19.4 Å². The summed E-state index contributed by atoms with van der Waals surface area (Å²) in [5.41, 5.74) is 0.235. The van der Waals surface area contributed by atoms with Gasteiger partial charge in [-0.15, -0.1) is 0 Å². The van der Waals surface area contributed by atoms with E-state index in [9.17, 15) is 14.4 Å². The number of hydrogen-bond acceptors (Lipinski definition) is 7. The fourth-order valence-corrected chi connectivity index (χ4v) is 4.01. The lowest BCUT2D eigenvalue weighted by molar-refractivity contribution is -0.222. The summed E-state index contributed by atoms with van der Waals surface area (Å²) in [5, 5.41) is 0. The van der Waals surface area contributed by atoms with Gasteiger partial charge in [0.25, 0.3) is 0 Å². The maximum Gasteiger partial charge on any atom is 0.558 e. The maximum absolute atomic E-state index is 11.7. The average Bonchev–Trinajstić information content (AvgIpc) is 2.71. The molecule has 0 saturated heterocycles. The molecule has 0 heterocycles. The summed E-state index contributed by atoms with van der Waals surface area (Å²) in [6.45, 7) is 8.84. The van der Waals surface area contributed by atoms with Crippen LogP contribution in [0.3, 0.4) is 0 Å². The maximum atomic E-state index is 11.7. The Bertz CT molecular complexity index is 531. The quantitative estimate of drug-likeness (QED) is 0.109. The normalized spacial score (nSPS) is 18.8. The van der Waals surface area contributed by atoms with E-state index in [4.69, 9.17) is 4.74 Å². The summed E-state index contributed by atoms with van der Waals surface area (Å²) in [4.78, 5) is 43.3. The number of esters is 1. The molecule has 0 unspecified atom stereocenters. The van der Waals surface area contributed by atoms with Crippen LogP contribution in [-0.2, 0) is 24.0 Å². The smallest absolute Gasteiger partial charge is 0.428 e. The number of carbonyl (C=O) groups is 3. The van der Waals surface area contributed by atoms with Crippen LogP contribution in [0.1, 0.15) is 118 Å². The molecule has 0 aliphatic heterocycles. The molecule has 0 aromatic heterocycles. The molecule has 180 valence electrons. The van der Waals surface area contributed by atoms with Gasteiger partial charge in [-0.3, -0.25) is 4.79 Å². The summed E-state index contributed by atoms with van der Waals surface area (Å²) in [6, 6.07) is 0. The van der Waals surface area contributed by atoms with Crippen molar-refractivity contribution in [1.82, 2.24) is 0 Å². The highest BCUT2D eigenvalue weighted by Gasteiger charge is 2.31. The van der Waals surface area contributed by atoms with E-state index in [1.807, 2.05) is 0 Å². The highest BCUT2D eigenvalue weighted by Crippen LogP contribution is 2.38. The number of rotatable bonds is 11. The number of hydrogen-bond donors (Lipinski definition) is 0. The lowest BCUT2D eigenvalue weighted by Crippen LogP contribution is -2.30. The van der Waals surface area contributed by atoms with Gasteiger partial charge in [0.2, 0.25) is 0 Å². The van der Waals surface area contributed by atoms with E-state index in [2.05, 4.69) is 42.2 Å². The van der Waals surface area contributed by atoms with Crippen LogP contribution in [0.25, 0.3) is 0 Å². The van der Waals surface area contributed by atoms with E-state index in [1.54, 1.807) is 0 Å². The summed E-state index contributed by atoms with van der Waals surface area (Å²) in [5.74, 6) is -0.100. The number of unbranched alkanes of at least 4 members (excludes halogenated alkanes) is 8. The van der Waals surface area contributed by atoms with Gasteiger partial charge in [-0.1, -0.05) is 79.1 Å². The molecule has 7 nitrogen and oxygen atoms in total. The zero-order chi connectivity index (χ0) is 23.1. The Kier molecular flexibility index (Phi) is 13.3. The highest BCUT2D eigenvalue weighted by molar-refractivity contribution is 5.81. The summed E-state index contributed by atoms with van der Waals surface area (Å²) >= 11 is 0. The first kappa shape index (κ1) is 27.2. The predicted octanol–water partition coefficient (Wildman–Crippen LogP) is 7.26. The molecule has 0 radical (unpaired) electrons. The van der Waals surface area contributed by atoms with Gasteiger partial charge in [-0.25, -0.2) is 0 Å². The monoisotopic (exact) mass is 442 g/mol. The van der Waals surface area contributed by atoms with Crippen LogP contribution >= 0.6 is 0 Å². The van der Waals surface area contributed by atoms with Gasteiger partial charge in [0.15, 0.2) is 0 Å². The van der Waals surface area contributed by atoms with Gasteiger partial charge in [0.05, 0.1) is 0 Å². The van der Waals surface area contributed by atoms with Crippen molar-refractivity contribution in [2.75, 3.05) is 0 Å².